The predicted octanol–water partition coefficient (Wildman–Crippen LogP) is 3.73. The Morgan fingerprint density at radius 2 is 1.97 bits per heavy atom. The van der Waals surface area contributed by atoms with E-state index in [0.717, 1.165) is 53.1 Å². The Bertz CT molecular complexity index is 1200. The van der Waals surface area contributed by atoms with Gasteiger partial charge in [-0.05, 0) is 43.3 Å². The van der Waals surface area contributed by atoms with E-state index in [0.29, 0.717) is 11.7 Å². The molecular weight excluding hydrogens is 374 g/mol. The molecule has 4 heterocycles. The lowest BCUT2D eigenvalue weighted by molar-refractivity contribution is 0.0784. The number of hydrogen-bond donors (Lipinski definition) is 2. The number of fused-ring (bicyclic) bond motifs is 1. The van der Waals surface area contributed by atoms with E-state index in [1.54, 1.807) is 12.3 Å². The maximum absolute atomic E-state index is 12.9. The maximum Gasteiger partial charge on any atom is 0.272 e. The molecule has 0 radical (unpaired) electrons. The molecule has 1 fully saturated rings. The third-order valence-corrected chi connectivity index (χ3v) is 5.70. The summed E-state index contributed by atoms with van der Waals surface area (Å²) in [5.74, 6) is -0.0170. The minimum Gasteiger partial charge on any atom is -0.339 e. The molecule has 1 amide bonds. The highest BCUT2D eigenvalue weighted by atomic mass is 16.2. The van der Waals surface area contributed by atoms with Crippen LogP contribution in [0, 0.1) is 0 Å². The van der Waals surface area contributed by atoms with Gasteiger partial charge in [-0.2, -0.15) is 0 Å². The third-order valence-electron chi connectivity index (χ3n) is 5.70. The first kappa shape index (κ1) is 18.5. The molecule has 0 bridgehead atoms. The van der Waals surface area contributed by atoms with Crippen molar-refractivity contribution >= 4 is 16.9 Å². The summed E-state index contributed by atoms with van der Waals surface area (Å²) in [4.78, 5) is 27.3. The lowest BCUT2D eigenvalue weighted by atomic mass is 10.1. The minimum absolute atomic E-state index is 0.0170. The van der Waals surface area contributed by atoms with Gasteiger partial charge in [0.25, 0.3) is 5.91 Å². The van der Waals surface area contributed by atoms with Crippen LogP contribution in [-0.2, 0) is 0 Å². The van der Waals surface area contributed by atoms with Crippen molar-refractivity contribution in [1.82, 2.24) is 25.2 Å². The second-order valence-corrected chi connectivity index (χ2v) is 7.64. The largest absolute Gasteiger partial charge is 0.339 e. The molecule has 0 spiro atoms. The molecule has 150 valence electrons. The van der Waals surface area contributed by atoms with Crippen LogP contribution in [0.1, 0.15) is 16.9 Å². The normalized spacial score (nSPS) is 16.3. The van der Waals surface area contributed by atoms with Crippen LogP contribution < -0.4 is 5.32 Å². The number of nitrogens with zero attached hydrogens (tertiary/aromatic N) is 3. The molecule has 0 aliphatic carbocycles. The van der Waals surface area contributed by atoms with Crippen molar-refractivity contribution in [2.75, 3.05) is 20.1 Å². The average Bonchev–Trinajstić information content (AvgIpc) is 3.46. The summed E-state index contributed by atoms with van der Waals surface area (Å²) in [6, 6.07) is 20.3. The van der Waals surface area contributed by atoms with Gasteiger partial charge >= 0.3 is 0 Å². The van der Waals surface area contributed by atoms with Crippen LogP contribution in [0.15, 0.2) is 66.9 Å². The number of aromatic amines is 1. The van der Waals surface area contributed by atoms with Crippen LogP contribution in [0.3, 0.4) is 0 Å². The summed E-state index contributed by atoms with van der Waals surface area (Å²) >= 11 is 0. The lowest BCUT2D eigenvalue weighted by Gasteiger charge is -2.16. The zero-order valence-electron chi connectivity index (χ0n) is 16.8. The van der Waals surface area contributed by atoms with Crippen LogP contribution in [0.2, 0.25) is 0 Å². The van der Waals surface area contributed by atoms with Crippen molar-refractivity contribution in [1.29, 1.82) is 0 Å². The molecule has 2 N–H and O–H groups in total. The Morgan fingerprint density at radius 1 is 1.10 bits per heavy atom. The van der Waals surface area contributed by atoms with E-state index in [1.165, 1.54) is 0 Å². The first-order valence-electron chi connectivity index (χ1n) is 10.2. The van der Waals surface area contributed by atoms with Gasteiger partial charge in [0.2, 0.25) is 0 Å². The summed E-state index contributed by atoms with van der Waals surface area (Å²) < 4.78 is 0. The zero-order valence-corrected chi connectivity index (χ0v) is 16.8. The first-order chi connectivity index (χ1) is 14.7. The molecule has 5 rings (SSSR count). The lowest BCUT2D eigenvalue weighted by Crippen LogP contribution is -2.33. The molecule has 1 atom stereocenters. The van der Waals surface area contributed by atoms with Gasteiger partial charge in [0, 0.05) is 42.0 Å². The van der Waals surface area contributed by atoms with Gasteiger partial charge in [-0.25, -0.2) is 9.97 Å². The van der Waals surface area contributed by atoms with E-state index < -0.39 is 0 Å². The number of carbonyl (C=O) groups is 1. The number of nitrogens with one attached hydrogen (secondary N) is 2. The third kappa shape index (κ3) is 3.46. The van der Waals surface area contributed by atoms with Crippen LogP contribution in [-0.4, -0.2) is 51.9 Å². The summed E-state index contributed by atoms with van der Waals surface area (Å²) in [5.41, 5.74) is 5.10. The number of likely N-dealkylation sites (tertiary alicyclic amines) is 1. The average molecular weight is 397 g/mol. The second kappa shape index (κ2) is 7.72. The van der Waals surface area contributed by atoms with Crippen molar-refractivity contribution in [3.8, 4) is 22.5 Å². The van der Waals surface area contributed by atoms with E-state index in [1.807, 2.05) is 42.3 Å². The van der Waals surface area contributed by atoms with Crippen LogP contribution in [0.25, 0.3) is 33.5 Å². The van der Waals surface area contributed by atoms with E-state index in [9.17, 15) is 4.79 Å². The Balaban J connectivity index is 1.44. The van der Waals surface area contributed by atoms with E-state index in [4.69, 9.17) is 0 Å². The summed E-state index contributed by atoms with van der Waals surface area (Å²) in [6.07, 6.45) is 2.77. The molecule has 1 aromatic carbocycles. The fraction of sp³-hybridized carbons (Fsp3) is 0.208. The van der Waals surface area contributed by atoms with Crippen molar-refractivity contribution in [3.05, 3.63) is 72.6 Å². The number of rotatable bonds is 4. The second-order valence-electron chi connectivity index (χ2n) is 7.64. The molecule has 6 heteroatoms. The number of hydrogen-bond acceptors (Lipinski definition) is 4. The molecule has 1 aliphatic rings. The Labute approximate surface area is 175 Å². The smallest absolute Gasteiger partial charge is 0.272 e. The molecule has 1 unspecified atom stereocenters. The number of pyridine rings is 2. The highest BCUT2D eigenvalue weighted by molar-refractivity contribution is 5.93. The molecule has 1 saturated heterocycles. The van der Waals surface area contributed by atoms with Gasteiger partial charge in [0.05, 0.1) is 5.69 Å². The Hall–Kier alpha value is -3.51. The Morgan fingerprint density at radius 3 is 2.77 bits per heavy atom. The fourth-order valence-corrected chi connectivity index (χ4v) is 3.99. The zero-order chi connectivity index (χ0) is 20.5. The van der Waals surface area contributed by atoms with Crippen LogP contribution >= 0.6 is 0 Å². The van der Waals surface area contributed by atoms with Crippen molar-refractivity contribution in [2.45, 2.75) is 12.5 Å². The molecule has 0 saturated carbocycles. The monoisotopic (exact) mass is 397 g/mol. The van der Waals surface area contributed by atoms with Crippen molar-refractivity contribution in [3.63, 3.8) is 0 Å². The van der Waals surface area contributed by atoms with Gasteiger partial charge in [-0.1, -0.05) is 36.4 Å². The number of carbonyl (C=O) groups excluding carboxylic acids is 1. The van der Waals surface area contributed by atoms with Gasteiger partial charge < -0.3 is 15.2 Å². The SMILES string of the molecule is CNC1CCN(C(=O)c2cccc(-c3cnc4[nH]c(-c5ccccc5)cc4c3)n2)C1. The highest BCUT2D eigenvalue weighted by Crippen LogP contribution is 2.26. The molecule has 6 nitrogen and oxygen atoms in total. The summed E-state index contributed by atoms with van der Waals surface area (Å²) in [7, 11) is 1.94. The number of H-pyrrole nitrogens is 1. The van der Waals surface area contributed by atoms with E-state index >= 15 is 0 Å². The molecular formula is C24H23N5O. The van der Waals surface area contributed by atoms with Gasteiger partial charge in [-0.3, -0.25) is 4.79 Å². The summed E-state index contributed by atoms with van der Waals surface area (Å²) in [5, 5.41) is 4.26. The van der Waals surface area contributed by atoms with Gasteiger partial charge in [-0.15, -0.1) is 0 Å². The summed E-state index contributed by atoms with van der Waals surface area (Å²) in [6.45, 7) is 1.48. The molecule has 30 heavy (non-hydrogen) atoms. The maximum atomic E-state index is 12.9. The standard InChI is InChI=1S/C24H23N5O/c1-25-19-10-11-29(15-19)24(30)21-9-5-8-20(27-21)18-12-17-13-22(28-23(17)26-14-18)16-6-3-2-4-7-16/h2-9,12-14,19,25H,10-11,15H2,1H3,(H,26,28). The molecule has 1 aliphatic heterocycles. The Kier molecular flexibility index (Phi) is 4.77. The first-order valence-corrected chi connectivity index (χ1v) is 10.2. The van der Waals surface area contributed by atoms with Crippen LogP contribution in [0.5, 0.6) is 0 Å². The van der Waals surface area contributed by atoms with Crippen LogP contribution in [0.4, 0.5) is 0 Å². The highest BCUT2D eigenvalue weighted by Gasteiger charge is 2.26. The van der Waals surface area contributed by atoms with Gasteiger partial charge in [0.1, 0.15) is 11.3 Å². The fourth-order valence-electron chi connectivity index (χ4n) is 3.99. The number of aromatic nitrogens is 3. The number of benzene rings is 1. The molecule has 4 aromatic rings. The quantitative estimate of drug-likeness (QED) is 0.550. The number of amides is 1. The minimum atomic E-state index is -0.0170. The van der Waals surface area contributed by atoms with E-state index in [-0.39, 0.29) is 5.91 Å². The molecule has 3 aromatic heterocycles. The predicted molar refractivity (Wildman–Crippen MR) is 118 cm³/mol. The van der Waals surface area contributed by atoms with Crippen molar-refractivity contribution < 1.29 is 4.79 Å². The van der Waals surface area contributed by atoms with Crippen molar-refractivity contribution in [2.24, 2.45) is 0 Å². The van der Waals surface area contributed by atoms with Gasteiger partial charge in [0.15, 0.2) is 0 Å². The van der Waals surface area contributed by atoms with E-state index in [2.05, 4.69) is 44.5 Å². The number of likely N-dealkylation sites (N-methyl/N-ethyl adjacent to an activating group) is 1. The topological polar surface area (TPSA) is 73.9 Å².